The van der Waals surface area contributed by atoms with Gasteiger partial charge in [-0.15, -0.1) is 0 Å². The molecule has 1 amide bonds. The van der Waals surface area contributed by atoms with Gasteiger partial charge < -0.3 is 10.4 Å². The SMILES string of the molecule is CC(C(=O)O)C(=O)NCCCc1ncn[nH]1. The Morgan fingerprint density at radius 2 is 2.38 bits per heavy atom. The van der Waals surface area contributed by atoms with Crippen LogP contribution < -0.4 is 5.32 Å². The Morgan fingerprint density at radius 3 is 2.94 bits per heavy atom. The molecule has 1 aromatic heterocycles. The van der Waals surface area contributed by atoms with Crippen LogP contribution in [-0.2, 0) is 16.0 Å². The van der Waals surface area contributed by atoms with Crippen molar-refractivity contribution in [3.05, 3.63) is 12.2 Å². The fraction of sp³-hybridized carbons (Fsp3) is 0.556. The van der Waals surface area contributed by atoms with Gasteiger partial charge in [0.2, 0.25) is 5.91 Å². The molecule has 0 aliphatic carbocycles. The van der Waals surface area contributed by atoms with E-state index < -0.39 is 17.8 Å². The lowest BCUT2D eigenvalue weighted by Gasteiger charge is -2.07. The zero-order valence-corrected chi connectivity index (χ0v) is 8.93. The Morgan fingerprint density at radius 1 is 1.62 bits per heavy atom. The van der Waals surface area contributed by atoms with Crippen molar-refractivity contribution in [3.63, 3.8) is 0 Å². The lowest BCUT2D eigenvalue weighted by Crippen LogP contribution is -2.34. The maximum atomic E-state index is 11.2. The van der Waals surface area contributed by atoms with Crippen LogP contribution in [-0.4, -0.2) is 38.7 Å². The largest absolute Gasteiger partial charge is 0.481 e. The first-order valence-electron chi connectivity index (χ1n) is 4.96. The van der Waals surface area contributed by atoms with Gasteiger partial charge in [-0.3, -0.25) is 14.7 Å². The van der Waals surface area contributed by atoms with E-state index in [0.717, 1.165) is 5.82 Å². The van der Waals surface area contributed by atoms with Crippen LogP contribution in [0.15, 0.2) is 6.33 Å². The first kappa shape index (κ1) is 12.2. The number of aliphatic carboxylic acids is 1. The second-order valence-electron chi connectivity index (χ2n) is 3.39. The number of aromatic amines is 1. The van der Waals surface area contributed by atoms with E-state index in [-0.39, 0.29) is 0 Å². The summed E-state index contributed by atoms with van der Waals surface area (Å²) in [7, 11) is 0. The molecule has 7 heteroatoms. The quantitative estimate of drug-likeness (QED) is 0.450. The number of carboxylic acids is 1. The van der Waals surface area contributed by atoms with Gasteiger partial charge in [-0.25, -0.2) is 4.98 Å². The van der Waals surface area contributed by atoms with E-state index in [1.165, 1.54) is 13.3 Å². The number of rotatable bonds is 6. The van der Waals surface area contributed by atoms with Gasteiger partial charge in [-0.05, 0) is 13.3 Å². The number of carboxylic acid groups (broad SMARTS) is 1. The van der Waals surface area contributed by atoms with Crippen molar-refractivity contribution in [3.8, 4) is 0 Å². The van der Waals surface area contributed by atoms with Crippen LogP contribution in [0, 0.1) is 5.92 Å². The Balaban J connectivity index is 2.16. The minimum absolute atomic E-state index is 0.428. The van der Waals surface area contributed by atoms with E-state index in [2.05, 4.69) is 20.5 Å². The molecular weight excluding hydrogens is 212 g/mol. The molecule has 0 spiro atoms. The number of carbonyl (C=O) groups is 2. The van der Waals surface area contributed by atoms with Crippen LogP contribution in [0.2, 0.25) is 0 Å². The molecular formula is C9H14N4O3. The lowest BCUT2D eigenvalue weighted by molar-refractivity contribution is -0.146. The van der Waals surface area contributed by atoms with Crippen LogP contribution >= 0.6 is 0 Å². The van der Waals surface area contributed by atoms with Crippen molar-refractivity contribution in [2.24, 2.45) is 5.92 Å². The van der Waals surface area contributed by atoms with Gasteiger partial charge in [-0.2, -0.15) is 5.10 Å². The number of carbonyl (C=O) groups excluding carboxylic acids is 1. The first-order valence-corrected chi connectivity index (χ1v) is 4.96. The molecule has 0 aliphatic heterocycles. The number of hydrogen-bond acceptors (Lipinski definition) is 4. The molecule has 16 heavy (non-hydrogen) atoms. The van der Waals surface area contributed by atoms with Crippen LogP contribution in [0.3, 0.4) is 0 Å². The number of amides is 1. The zero-order chi connectivity index (χ0) is 12.0. The van der Waals surface area contributed by atoms with Crippen molar-refractivity contribution >= 4 is 11.9 Å². The molecule has 1 heterocycles. The summed E-state index contributed by atoms with van der Waals surface area (Å²) in [6.07, 6.45) is 2.77. The highest BCUT2D eigenvalue weighted by atomic mass is 16.4. The molecule has 1 aromatic rings. The summed E-state index contributed by atoms with van der Waals surface area (Å²) in [6.45, 7) is 1.78. The van der Waals surface area contributed by atoms with Gasteiger partial charge in [0, 0.05) is 13.0 Å². The Kier molecular flexibility index (Phi) is 4.43. The molecule has 0 bridgehead atoms. The average molecular weight is 226 g/mol. The zero-order valence-electron chi connectivity index (χ0n) is 8.93. The van der Waals surface area contributed by atoms with Crippen molar-refractivity contribution in [2.75, 3.05) is 6.54 Å². The van der Waals surface area contributed by atoms with Crippen molar-refractivity contribution < 1.29 is 14.7 Å². The van der Waals surface area contributed by atoms with Crippen molar-refractivity contribution in [1.82, 2.24) is 20.5 Å². The number of nitrogens with one attached hydrogen (secondary N) is 2. The molecule has 0 aliphatic rings. The van der Waals surface area contributed by atoms with Gasteiger partial charge in [-0.1, -0.05) is 0 Å². The summed E-state index contributed by atoms with van der Waals surface area (Å²) in [5, 5.41) is 17.5. The predicted octanol–water partition coefficient (Wildman–Crippen LogP) is -0.426. The van der Waals surface area contributed by atoms with Gasteiger partial charge in [0.1, 0.15) is 18.1 Å². The second kappa shape index (κ2) is 5.84. The summed E-state index contributed by atoms with van der Waals surface area (Å²) in [6, 6.07) is 0. The van der Waals surface area contributed by atoms with E-state index in [1.807, 2.05) is 0 Å². The van der Waals surface area contributed by atoms with E-state index in [1.54, 1.807) is 0 Å². The number of H-pyrrole nitrogens is 1. The Hall–Kier alpha value is -1.92. The fourth-order valence-corrected chi connectivity index (χ4v) is 1.08. The summed E-state index contributed by atoms with van der Waals surface area (Å²) in [4.78, 5) is 25.6. The highest BCUT2D eigenvalue weighted by Crippen LogP contribution is 1.95. The van der Waals surface area contributed by atoms with Crippen LogP contribution in [0.25, 0.3) is 0 Å². The van der Waals surface area contributed by atoms with E-state index in [9.17, 15) is 9.59 Å². The number of aryl methyl sites for hydroxylation is 1. The average Bonchev–Trinajstić information content (AvgIpc) is 2.75. The van der Waals surface area contributed by atoms with Crippen LogP contribution in [0.5, 0.6) is 0 Å². The molecule has 88 valence electrons. The topological polar surface area (TPSA) is 108 Å². The monoisotopic (exact) mass is 226 g/mol. The first-order chi connectivity index (χ1) is 7.61. The summed E-state index contributed by atoms with van der Waals surface area (Å²) in [5.41, 5.74) is 0. The summed E-state index contributed by atoms with van der Waals surface area (Å²) in [5.74, 6) is -1.84. The molecule has 1 rings (SSSR count). The third kappa shape index (κ3) is 3.68. The van der Waals surface area contributed by atoms with Crippen molar-refractivity contribution in [2.45, 2.75) is 19.8 Å². The molecule has 0 aromatic carbocycles. The number of aromatic nitrogens is 3. The Labute approximate surface area is 92.3 Å². The third-order valence-electron chi connectivity index (χ3n) is 2.12. The minimum atomic E-state index is -1.12. The minimum Gasteiger partial charge on any atom is -0.481 e. The smallest absolute Gasteiger partial charge is 0.315 e. The van der Waals surface area contributed by atoms with Gasteiger partial charge in [0.15, 0.2) is 0 Å². The van der Waals surface area contributed by atoms with E-state index in [0.29, 0.717) is 19.4 Å². The molecule has 0 saturated carbocycles. The predicted molar refractivity (Wildman–Crippen MR) is 54.5 cm³/mol. The molecule has 0 radical (unpaired) electrons. The molecule has 1 unspecified atom stereocenters. The third-order valence-corrected chi connectivity index (χ3v) is 2.12. The molecule has 3 N–H and O–H groups in total. The maximum absolute atomic E-state index is 11.2. The van der Waals surface area contributed by atoms with Gasteiger partial charge >= 0.3 is 5.97 Å². The standard InChI is InChI=1S/C9H14N4O3/c1-6(9(15)16)8(14)10-4-2-3-7-11-5-12-13-7/h5-6H,2-4H2,1H3,(H,10,14)(H,15,16)(H,11,12,13). The van der Waals surface area contributed by atoms with E-state index in [4.69, 9.17) is 5.11 Å². The molecule has 0 saturated heterocycles. The lowest BCUT2D eigenvalue weighted by atomic mass is 10.1. The number of nitrogens with zero attached hydrogens (tertiary/aromatic N) is 2. The van der Waals surface area contributed by atoms with Gasteiger partial charge in [0.05, 0.1) is 0 Å². The van der Waals surface area contributed by atoms with Crippen LogP contribution in [0.1, 0.15) is 19.2 Å². The summed E-state index contributed by atoms with van der Waals surface area (Å²) >= 11 is 0. The second-order valence-corrected chi connectivity index (χ2v) is 3.39. The fourth-order valence-electron chi connectivity index (χ4n) is 1.08. The van der Waals surface area contributed by atoms with Crippen molar-refractivity contribution in [1.29, 1.82) is 0 Å². The maximum Gasteiger partial charge on any atom is 0.315 e. The van der Waals surface area contributed by atoms with Gasteiger partial charge in [0.25, 0.3) is 0 Å². The van der Waals surface area contributed by atoms with Crippen LogP contribution in [0.4, 0.5) is 0 Å². The normalized spacial score (nSPS) is 12.1. The molecule has 0 fully saturated rings. The highest BCUT2D eigenvalue weighted by molar-refractivity contribution is 5.96. The Bertz CT molecular complexity index is 350. The van der Waals surface area contributed by atoms with E-state index >= 15 is 0 Å². The molecule has 7 nitrogen and oxygen atoms in total. The summed E-state index contributed by atoms with van der Waals surface area (Å²) < 4.78 is 0. The molecule has 1 atom stereocenters. The number of hydrogen-bond donors (Lipinski definition) is 3. The highest BCUT2D eigenvalue weighted by Gasteiger charge is 2.19.